The smallest absolute Gasteiger partial charge is 0.408 e. The number of nitrogens with one attached hydrogen (secondary N) is 1. The summed E-state index contributed by atoms with van der Waals surface area (Å²) in [5, 5.41) is 2.52. The third kappa shape index (κ3) is 10.7. The summed E-state index contributed by atoms with van der Waals surface area (Å²) in [6.45, 7) is 2.24. The van der Waals surface area contributed by atoms with Crippen molar-refractivity contribution in [1.29, 1.82) is 0 Å². The fourth-order valence-electron chi connectivity index (χ4n) is 3.26. The van der Waals surface area contributed by atoms with Crippen LogP contribution in [-0.2, 0) is 32.0 Å². The van der Waals surface area contributed by atoms with E-state index in [2.05, 4.69) is 12.2 Å². The maximum atomic E-state index is 13.0. The molecule has 2 atom stereocenters. The average Bonchev–Trinajstić information content (AvgIpc) is 2.83. The zero-order valence-corrected chi connectivity index (χ0v) is 20.0. The van der Waals surface area contributed by atoms with Crippen LogP contribution >= 0.6 is 7.37 Å². The van der Waals surface area contributed by atoms with Gasteiger partial charge in [-0.25, -0.2) is 4.79 Å². The van der Waals surface area contributed by atoms with E-state index in [1.807, 2.05) is 60.7 Å². The summed E-state index contributed by atoms with van der Waals surface area (Å²) in [4.78, 5) is 35.2. The van der Waals surface area contributed by atoms with E-state index in [0.29, 0.717) is 6.42 Å². The van der Waals surface area contributed by atoms with E-state index in [1.165, 1.54) is 0 Å². The van der Waals surface area contributed by atoms with Gasteiger partial charge in [0.2, 0.25) is 7.37 Å². The van der Waals surface area contributed by atoms with Crippen LogP contribution in [0.15, 0.2) is 60.7 Å². The van der Waals surface area contributed by atoms with Crippen molar-refractivity contribution in [3.8, 4) is 0 Å². The third-order valence-corrected chi connectivity index (χ3v) is 7.50. The van der Waals surface area contributed by atoms with E-state index in [9.17, 15) is 19.0 Å². The Bertz CT molecular complexity index is 890. The lowest BCUT2D eigenvalue weighted by Crippen LogP contribution is -2.36. The lowest BCUT2D eigenvalue weighted by atomic mass is 10.2. The van der Waals surface area contributed by atoms with E-state index in [4.69, 9.17) is 9.47 Å². The van der Waals surface area contributed by atoms with Crippen LogP contribution in [0.25, 0.3) is 0 Å². The normalized spacial score (nSPS) is 13.5. The number of carbonyl (C=O) groups excluding carboxylic acids is 2. The van der Waals surface area contributed by atoms with E-state index in [-0.39, 0.29) is 32.2 Å². The molecule has 0 radical (unpaired) electrons. The number of hydrogen-bond acceptors (Lipinski definition) is 5. The summed E-state index contributed by atoms with van der Waals surface area (Å²) in [5.41, 5.74) is 1.66. The number of esters is 1. The molecule has 0 heterocycles. The van der Waals surface area contributed by atoms with Crippen LogP contribution < -0.4 is 5.32 Å². The van der Waals surface area contributed by atoms with Crippen molar-refractivity contribution < 1.29 is 28.5 Å². The van der Waals surface area contributed by atoms with Gasteiger partial charge in [-0.3, -0.25) is 9.36 Å². The second-order valence-corrected chi connectivity index (χ2v) is 10.5. The molecule has 180 valence electrons. The molecule has 0 fully saturated rings. The van der Waals surface area contributed by atoms with Crippen LogP contribution in [0.3, 0.4) is 0 Å². The molecule has 0 spiro atoms. The molecule has 2 unspecified atom stereocenters. The van der Waals surface area contributed by atoms with E-state index in [1.54, 1.807) is 0 Å². The zero-order valence-electron chi connectivity index (χ0n) is 19.2. The summed E-state index contributed by atoms with van der Waals surface area (Å²) < 4.78 is 23.5. The molecule has 8 heteroatoms. The molecular weight excluding hydrogens is 441 g/mol. The second kappa shape index (κ2) is 14.5. The molecule has 0 bridgehead atoms. The molecule has 7 nitrogen and oxygen atoms in total. The Morgan fingerprint density at radius 3 is 2.06 bits per heavy atom. The highest BCUT2D eigenvalue weighted by atomic mass is 31.2. The fraction of sp³-hybridized carbons (Fsp3) is 0.440. The Labute approximate surface area is 196 Å². The molecule has 0 aromatic heterocycles. The second-order valence-electron chi connectivity index (χ2n) is 7.95. The summed E-state index contributed by atoms with van der Waals surface area (Å²) >= 11 is 0. The number of benzene rings is 2. The highest BCUT2D eigenvalue weighted by Crippen LogP contribution is 2.47. The molecule has 2 N–H and O–H groups in total. The van der Waals surface area contributed by atoms with Crippen LogP contribution in [0.4, 0.5) is 4.79 Å². The van der Waals surface area contributed by atoms with Gasteiger partial charge in [-0.05, 0) is 24.0 Å². The van der Waals surface area contributed by atoms with Gasteiger partial charge in [-0.1, -0.05) is 86.8 Å². The number of hydrogen-bond donors (Lipinski definition) is 2. The van der Waals surface area contributed by atoms with Crippen molar-refractivity contribution in [2.75, 3.05) is 6.16 Å². The minimum atomic E-state index is -3.75. The Balaban J connectivity index is 1.91. The topological polar surface area (TPSA) is 102 Å². The highest BCUT2D eigenvalue weighted by Gasteiger charge is 2.32. The molecule has 0 saturated heterocycles. The number of amides is 1. The molecule has 2 rings (SSSR count). The van der Waals surface area contributed by atoms with Crippen molar-refractivity contribution >= 4 is 19.4 Å². The minimum Gasteiger partial charge on any atom is -0.461 e. The van der Waals surface area contributed by atoms with Crippen molar-refractivity contribution in [3.63, 3.8) is 0 Å². The van der Waals surface area contributed by atoms with Crippen molar-refractivity contribution in [2.24, 2.45) is 0 Å². The molecule has 2 aromatic carbocycles. The first kappa shape index (κ1) is 26.6. The lowest BCUT2D eigenvalue weighted by molar-refractivity contribution is -0.145. The van der Waals surface area contributed by atoms with Gasteiger partial charge < -0.3 is 19.7 Å². The van der Waals surface area contributed by atoms with Gasteiger partial charge in [0.05, 0.1) is 0 Å². The molecule has 2 aromatic rings. The Morgan fingerprint density at radius 1 is 0.909 bits per heavy atom. The number of unbranched alkanes of at least 4 members (excludes halogenated alkanes) is 3. The fourth-order valence-corrected chi connectivity index (χ4v) is 5.09. The quantitative estimate of drug-likeness (QED) is 0.209. The van der Waals surface area contributed by atoms with E-state index in [0.717, 1.165) is 30.4 Å². The predicted octanol–water partition coefficient (Wildman–Crippen LogP) is 5.61. The molecule has 0 aliphatic heterocycles. The molecule has 0 aliphatic rings. The first-order valence-electron chi connectivity index (χ1n) is 11.4. The van der Waals surface area contributed by atoms with Crippen molar-refractivity contribution in [1.82, 2.24) is 5.32 Å². The van der Waals surface area contributed by atoms with Crippen molar-refractivity contribution in [3.05, 3.63) is 71.8 Å². The molecular formula is C25H34NO6P. The average molecular weight is 476 g/mol. The van der Waals surface area contributed by atoms with E-state index >= 15 is 0 Å². The zero-order chi connectivity index (χ0) is 23.9. The van der Waals surface area contributed by atoms with Crippen LogP contribution in [-0.4, -0.2) is 28.9 Å². The Morgan fingerprint density at radius 2 is 1.48 bits per heavy atom. The standard InChI is InChI=1S/C25H34NO6P/c1-2-3-4-11-18-33(29,30)23(26-25(28)32-20-22-14-9-6-10-15-22)16-17-24(27)31-19-21-12-7-5-8-13-21/h5-10,12-15,23H,2-4,11,16-20H2,1H3,(H,26,28)(H,29,30). The Kier molecular flexibility index (Phi) is 11.7. The number of carbonyl (C=O) groups is 2. The third-order valence-electron chi connectivity index (χ3n) is 5.18. The highest BCUT2D eigenvalue weighted by molar-refractivity contribution is 7.58. The largest absolute Gasteiger partial charge is 0.461 e. The number of rotatable bonds is 14. The predicted molar refractivity (Wildman–Crippen MR) is 128 cm³/mol. The minimum absolute atomic E-state index is 0.00435. The van der Waals surface area contributed by atoms with Gasteiger partial charge >= 0.3 is 12.1 Å². The van der Waals surface area contributed by atoms with Gasteiger partial charge in [0, 0.05) is 12.6 Å². The van der Waals surface area contributed by atoms with Crippen LogP contribution in [0.2, 0.25) is 0 Å². The van der Waals surface area contributed by atoms with Crippen LogP contribution in [0, 0.1) is 0 Å². The molecule has 0 saturated carbocycles. The van der Waals surface area contributed by atoms with Gasteiger partial charge in [0.15, 0.2) is 0 Å². The lowest BCUT2D eigenvalue weighted by Gasteiger charge is -2.24. The van der Waals surface area contributed by atoms with E-state index < -0.39 is 25.2 Å². The first-order chi connectivity index (χ1) is 15.9. The monoisotopic (exact) mass is 475 g/mol. The summed E-state index contributed by atoms with van der Waals surface area (Å²) in [5.74, 6) is -1.57. The molecule has 1 amide bonds. The Hall–Kier alpha value is -2.63. The maximum Gasteiger partial charge on any atom is 0.408 e. The van der Waals surface area contributed by atoms with Crippen LogP contribution in [0.1, 0.15) is 56.6 Å². The van der Waals surface area contributed by atoms with Gasteiger partial charge in [-0.15, -0.1) is 0 Å². The van der Waals surface area contributed by atoms with Gasteiger partial charge in [0.1, 0.15) is 19.0 Å². The SMILES string of the molecule is CCCCCCP(=O)(O)C(CCC(=O)OCc1ccccc1)NC(=O)OCc1ccccc1. The maximum absolute atomic E-state index is 13.0. The summed E-state index contributed by atoms with van der Waals surface area (Å²) in [7, 11) is -3.75. The van der Waals surface area contributed by atoms with Gasteiger partial charge in [-0.2, -0.15) is 0 Å². The molecule has 33 heavy (non-hydrogen) atoms. The summed E-state index contributed by atoms with van der Waals surface area (Å²) in [6.07, 6.45) is 2.60. The van der Waals surface area contributed by atoms with Crippen molar-refractivity contribution in [2.45, 2.75) is 64.4 Å². The summed E-state index contributed by atoms with van der Waals surface area (Å²) in [6, 6.07) is 18.4. The van der Waals surface area contributed by atoms with Gasteiger partial charge in [0.25, 0.3) is 0 Å². The van der Waals surface area contributed by atoms with Crippen LogP contribution in [0.5, 0.6) is 0 Å². The number of alkyl carbamates (subject to hydrolysis) is 1. The number of ether oxygens (including phenoxy) is 2. The molecule has 0 aliphatic carbocycles. The first-order valence-corrected chi connectivity index (χ1v) is 13.3.